The molecule has 2 N–H and O–H groups in total. The second kappa shape index (κ2) is 9.75. The van der Waals surface area contributed by atoms with Gasteiger partial charge in [0.05, 0.1) is 19.8 Å². The number of benzene rings is 1. The van der Waals surface area contributed by atoms with Gasteiger partial charge in [-0.2, -0.15) is 0 Å². The SMILES string of the molecule is COc1ccc(OC)c(-c2cc(C(=O)N[C@H](C)C(=O)NCCN(C)C)no2)c1. The zero-order valence-electron chi connectivity index (χ0n) is 16.7. The summed E-state index contributed by atoms with van der Waals surface area (Å²) >= 11 is 0. The average Bonchev–Trinajstić information content (AvgIpc) is 3.17. The highest BCUT2D eigenvalue weighted by molar-refractivity contribution is 5.96. The lowest BCUT2D eigenvalue weighted by Crippen LogP contribution is -2.46. The van der Waals surface area contributed by atoms with E-state index in [1.54, 1.807) is 32.2 Å². The number of aromatic nitrogens is 1. The van der Waals surface area contributed by atoms with Crippen LogP contribution in [0.1, 0.15) is 17.4 Å². The van der Waals surface area contributed by atoms with E-state index in [4.69, 9.17) is 14.0 Å². The third-order valence-electron chi connectivity index (χ3n) is 4.01. The first kappa shape index (κ1) is 21.2. The lowest BCUT2D eigenvalue weighted by Gasteiger charge is -2.15. The van der Waals surface area contributed by atoms with Gasteiger partial charge in [0.25, 0.3) is 5.91 Å². The summed E-state index contributed by atoms with van der Waals surface area (Å²) in [5, 5.41) is 9.17. The van der Waals surface area contributed by atoms with Gasteiger partial charge in [0, 0.05) is 19.2 Å². The molecule has 1 heterocycles. The van der Waals surface area contributed by atoms with E-state index < -0.39 is 11.9 Å². The Labute approximate surface area is 164 Å². The third kappa shape index (κ3) is 5.46. The summed E-state index contributed by atoms with van der Waals surface area (Å²) in [5.74, 6) is 0.739. The molecule has 0 aliphatic heterocycles. The number of carbonyl (C=O) groups excluding carboxylic acids is 2. The molecule has 2 amide bonds. The number of methoxy groups -OCH3 is 2. The second-order valence-electron chi connectivity index (χ2n) is 6.43. The topological polar surface area (TPSA) is 106 Å². The minimum Gasteiger partial charge on any atom is -0.497 e. The molecule has 0 saturated carbocycles. The first-order valence-electron chi connectivity index (χ1n) is 8.78. The quantitative estimate of drug-likeness (QED) is 0.662. The largest absolute Gasteiger partial charge is 0.497 e. The summed E-state index contributed by atoms with van der Waals surface area (Å²) < 4.78 is 15.8. The Bertz CT molecular complexity index is 818. The molecule has 1 aromatic heterocycles. The van der Waals surface area contributed by atoms with Crippen LogP contribution in [0.4, 0.5) is 0 Å². The number of rotatable bonds is 9. The van der Waals surface area contributed by atoms with E-state index in [1.807, 2.05) is 19.0 Å². The van der Waals surface area contributed by atoms with Crippen molar-refractivity contribution in [2.24, 2.45) is 0 Å². The van der Waals surface area contributed by atoms with Crippen molar-refractivity contribution in [2.75, 3.05) is 41.4 Å². The molecule has 9 nitrogen and oxygen atoms in total. The Morgan fingerprint density at radius 3 is 2.61 bits per heavy atom. The zero-order valence-corrected chi connectivity index (χ0v) is 16.7. The minimum absolute atomic E-state index is 0.0628. The van der Waals surface area contributed by atoms with Gasteiger partial charge in [-0.05, 0) is 39.2 Å². The molecule has 152 valence electrons. The fourth-order valence-electron chi connectivity index (χ4n) is 2.41. The molecular formula is C19H26N4O5. The number of carbonyl (C=O) groups is 2. The molecule has 0 unspecified atom stereocenters. The first-order valence-corrected chi connectivity index (χ1v) is 8.78. The van der Waals surface area contributed by atoms with Crippen molar-refractivity contribution in [2.45, 2.75) is 13.0 Å². The first-order chi connectivity index (χ1) is 13.3. The maximum Gasteiger partial charge on any atom is 0.274 e. The van der Waals surface area contributed by atoms with Crippen LogP contribution < -0.4 is 20.1 Å². The molecule has 2 aromatic rings. The standard InChI is InChI=1S/C19H26N4O5/c1-12(18(24)20-8-9-23(2)3)21-19(25)15-11-17(28-22-15)14-10-13(26-4)6-7-16(14)27-5/h6-7,10-12H,8-9H2,1-5H3,(H,20,24)(H,21,25)/t12-/m1/s1. The monoisotopic (exact) mass is 390 g/mol. The van der Waals surface area contributed by atoms with Crippen LogP contribution in [0.3, 0.4) is 0 Å². The summed E-state index contributed by atoms with van der Waals surface area (Å²) in [5.41, 5.74) is 0.663. The number of likely N-dealkylation sites (N-methyl/N-ethyl adjacent to an activating group) is 1. The molecule has 1 aromatic carbocycles. The Hall–Kier alpha value is -3.07. The number of hydrogen-bond donors (Lipinski definition) is 2. The Kier molecular flexibility index (Phi) is 7.39. The maximum absolute atomic E-state index is 12.4. The van der Waals surface area contributed by atoms with Crippen molar-refractivity contribution in [3.8, 4) is 22.8 Å². The van der Waals surface area contributed by atoms with Crippen LogP contribution in [-0.2, 0) is 4.79 Å². The van der Waals surface area contributed by atoms with Crippen molar-refractivity contribution in [1.82, 2.24) is 20.7 Å². The lowest BCUT2D eigenvalue weighted by molar-refractivity contribution is -0.122. The molecule has 28 heavy (non-hydrogen) atoms. The van der Waals surface area contributed by atoms with E-state index in [9.17, 15) is 9.59 Å². The number of nitrogens with zero attached hydrogens (tertiary/aromatic N) is 2. The number of nitrogens with one attached hydrogen (secondary N) is 2. The highest BCUT2D eigenvalue weighted by Crippen LogP contribution is 2.33. The van der Waals surface area contributed by atoms with Crippen LogP contribution in [-0.4, -0.2) is 69.3 Å². The van der Waals surface area contributed by atoms with Gasteiger partial charge in [-0.3, -0.25) is 9.59 Å². The second-order valence-corrected chi connectivity index (χ2v) is 6.43. The smallest absolute Gasteiger partial charge is 0.274 e. The van der Waals surface area contributed by atoms with E-state index in [0.29, 0.717) is 35.9 Å². The maximum atomic E-state index is 12.4. The van der Waals surface area contributed by atoms with Gasteiger partial charge in [-0.1, -0.05) is 5.16 Å². The fourth-order valence-corrected chi connectivity index (χ4v) is 2.41. The third-order valence-corrected chi connectivity index (χ3v) is 4.01. The molecule has 0 saturated heterocycles. The zero-order chi connectivity index (χ0) is 20.7. The van der Waals surface area contributed by atoms with Crippen LogP contribution in [0.15, 0.2) is 28.8 Å². The highest BCUT2D eigenvalue weighted by atomic mass is 16.5. The summed E-state index contributed by atoms with van der Waals surface area (Å²) in [6.07, 6.45) is 0. The van der Waals surface area contributed by atoms with Crippen LogP contribution in [0.25, 0.3) is 11.3 Å². The van der Waals surface area contributed by atoms with Gasteiger partial charge in [0.15, 0.2) is 11.5 Å². The van der Waals surface area contributed by atoms with E-state index in [0.717, 1.165) is 0 Å². The molecule has 0 spiro atoms. The van der Waals surface area contributed by atoms with Crippen molar-refractivity contribution >= 4 is 11.8 Å². The number of amides is 2. The predicted octanol–water partition coefficient (Wildman–Crippen LogP) is 1.15. The summed E-state index contributed by atoms with van der Waals surface area (Å²) in [7, 11) is 6.91. The Balaban J connectivity index is 2.05. The summed E-state index contributed by atoms with van der Waals surface area (Å²) in [6.45, 7) is 2.81. The summed E-state index contributed by atoms with van der Waals surface area (Å²) in [6, 6.07) is 5.99. The minimum atomic E-state index is -0.707. The average molecular weight is 390 g/mol. The molecule has 0 fully saturated rings. The van der Waals surface area contributed by atoms with Gasteiger partial charge in [0.2, 0.25) is 5.91 Å². The molecule has 0 bridgehead atoms. The molecule has 0 aliphatic rings. The Morgan fingerprint density at radius 1 is 1.21 bits per heavy atom. The van der Waals surface area contributed by atoms with E-state index >= 15 is 0 Å². The molecule has 0 radical (unpaired) electrons. The lowest BCUT2D eigenvalue weighted by atomic mass is 10.1. The van der Waals surface area contributed by atoms with Crippen molar-refractivity contribution in [3.05, 3.63) is 30.0 Å². The van der Waals surface area contributed by atoms with E-state index in [1.165, 1.54) is 13.2 Å². The van der Waals surface area contributed by atoms with E-state index in [-0.39, 0.29) is 11.6 Å². The molecule has 0 aliphatic carbocycles. The molecule has 9 heteroatoms. The van der Waals surface area contributed by atoms with Crippen LogP contribution in [0.5, 0.6) is 11.5 Å². The van der Waals surface area contributed by atoms with Crippen molar-refractivity contribution < 1.29 is 23.6 Å². The van der Waals surface area contributed by atoms with Gasteiger partial charge in [-0.25, -0.2) is 0 Å². The van der Waals surface area contributed by atoms with Gasteiger partial charge in [-0.15, -0.1) is 0 Å². The number of hydrogen-bond acceptors (Lipinski definition) is 7. The number of ether oxygens (including phenoxy) is 2. The summed E-state index contributed by atoms with van der Waals surface area (Å²) in [4.78, 5) is 26.4. The van der Waals surface area contributed by atoms with Gasteiger partial charge >= 0.3 is 0 Å². The van der Waals surface area contributed by atoms with E-state index in [2.05, 4.69) is 15.8 Å². The van der Waals surface area contributed by atoms with Crippen molar-refractivity contribution in [3.63, 3.8) is 0 Å². The molecule has 1 atom stereocenters. The van der Waals surface area contributed by atoms with Crippen molar-refractivity contribution in [1.29, 1.82) is 0 Å². The normalized spacial score (nSPS) is 11.8. The molecular weight excluding hydrogens is 364 g/mol. The van der Waals surface area contributed by atoms with Crippen LogP contribution in [0, 0.1) is 0 Å². The predicted molar refractivity (Wildman–Crippen MR) is 104 cm³/mol. The van der Waals surface area contributed by atoms with Crippen LogP contribution >= 0.6 is 0 Å². The van der Waals surface area contributed by atoms with Gasteiger partial charge < -0.3 is 29.5 Å². The highest BCUT2D eigenvalue weighted by Gasteiger charge is 2.21. The fraction of sp³-hybridized carbons (Fsp3) is 0.421. The Morgan fingerprint density at radius 2 is 1.96 bits per heavy atom. The molecule has 2 rings (SSSR count). The van der Waals surface area contributed by atoms with Crippen LogP contribution in [0.2, 0.25) is 0 Å². The van der Waals surface area contributed by atoms with Gasteiger partial charge in [0.1, 0.15) is 17.5 Å².